The Labute approximate surface area is 152 Å². The zero-order chi connectivity index (χ0) is 16.6. The Morgan fingerprint density at radius 1 is 1.22 bits per heavy atom. The quantitative estimate of drug-likeness (QED) is 0.566. The molecule has 116 valence electrons. The molecule has 23 heavy (non-hydrogen) atoms. The van der Waals surface area contributed by atoms with Crippen LogP contribution in [0.1, 0.15) is 12.5 Å². The molecule has 0 aromatic heterocycles. The summed E-state index contributed by atoms with van der Waals surface area (Å²) in [6.45, 7) is 1.91. The number of hydrogen-bond donors (Lipinski definition) is 1. The molecular formula is C17H12BrNO2S2. The van der Waals surface area contributed by atoms with Crippen LogP contribution in [-0.4, -0.2) is 15.3 Å². The van der Waals surface area contributed by atoms with Crippen LogP contribution in [0, 0.1) is 0 Å². The molecule has 2 aromatic carbocycles. The fraction of sp³-hybridized carbons (Fsp3) is 0.0588. The average molecular weight is 406 g/mol. The van der Waals surface area contributed by atoms with Gasteiger partial charge in [-0.3, -0.25) is 9.69 Å². The zero-order valence-corrected chi connectivity index (χ0v) is 15.3. The Hall–Kier alpha value is -1.63. The summed E-state index contributed by atoms with van der Waals surface area (Å²) in [6.07, 6.45) is 0. The lowest BCUT2D eigenvalue weighted by atomic mass is 10.1. The highest BCUT2D eigenvalue weighted by Crippen LogP contribution is 2.39. The van der Waals surface area contributed by atoms with Crippen LogP contribution in [0.25, 0.3) is 5.57 Å². The number of benzene rings is 2. The number of halogens is 1. The molecule has 1 heterocycles. The maximum Gasteiger partial charge on any atom is 0.271 e. The minimum absolute atomic E-state index is 0.101. The number of anilines is 1. The van der Waals surface area contributed by atoms with Crippen LogP contribution in [0.3, 0.4) is 0 Å². The van der Waals surface area contributed by atoms with Crippen molar-refractivity contribution in [3.8, 4) is 5.75 Å². The summed E-state index contributed by atoms with van der Waals surface area (Å²) >= 11 is 10.1. The number of carbonyl (C=O) groups is 1. The van der Waals surface area contributed by atoms with Crippen molar-refractivity contribution >= 4 is 61.4 Å². The van der Waals surface area contributed by atoms with Gasteiger partial charge in [-0.05, 0) is 42.3 Å². The summed E-state index contributed by atoms with van der Waals surface area (Å²) in [5, 5.41) is 9.62. The average Bonchev–Trinajstić information content (AvgIpc) is 2.81. The van der Waals surface area contributed by atoms with Gasteiger partial charge in [-0.1, -0.05) is 58.1 Å². The summed E-state index contributed by atoms with van der Waals surface area (Å²) in [6, 6.07) is 14.3. The number of phenolic OH excluding ortho intramolecular Hbond substituents is 1. The van der Waals surface area contributed by atoms with Gasteiger partial charge in [0.2, 0.25) is 0 Å². The first-order chi connectivity index (χ1) is 11.0. The number of nitrogens with zero attached hydrogens (tertiary/aromatic N) is 1. The third kappa shape index (κ3) is 3.20. The van der Waals surface area contributed by atoms with Gasteiger partial charge >= 0.3 is 0 Å². The molecule has 3 nitrogen and oxygen atoms in total. The minimum Gasteiger partial charge on any atom is -0.508 e. The van der Waals surface area contributed by atoms with Crippen LogP contribution in [0.4, 0.5) is 5.69 Å². The maximum atomic E-state index is 12.8. The van der Waals surface area contributed by atoms with Gasteiger partial charge in [0.05, 0.1) is 10.6 Å². The Balaban J connectivity index is 2.02. The summed E-state index contributed by atoms with van der Waals surface area (Å²) in [7, 11) is 0. The molecule has 1 aliphatic heterocycles. The Bertz CT molecular complexity index is 848. The summed E-state index contributed by atoms with van der Waals surface area (Å²) < 4.78 is 1.42. The maximum absolute atomic E-state index is 12.8. The van der Waals surface area contributed by atoms with E-state index in [2.05, 4.69) is 15.9 Å². The molecule has 1 aliphatic rings. The fourth-order valence-corrected chi connectivity index (χ4v) is 4.05. The van der Waals surface area contributed by atoms with E-state index in [0.29, 0.717) is 14.9 Å². The van der Waals surface area contributed by atoms with Gasteiger partial charge in [0, 0.05) is 10.5 Å². The topological polar surface area (TPSA) is 40.5 Å². The van der Waals surface area contributed by atoms with Crippen LogP contribution in [0.2, 0.25) is 0 Å². The lowest BCUT2D eigenvalue weighted by Gasteiger charge is -2.14. The third-order valence-corrected chi connectivity index (χ3v) is 5.42. The second-order valence-electron chi connectivity index (χ2n) is 4.99. The largest absolute Gasteiger partial charge is 0.508 e. The molecule has 0 spiro atoms. The highest BCUT2D eigenvalue weighted by molar-refractivity contribution is 9.10. The zero-order valence-electron chi connectivity index (χ0n) is 12.1. The van der Waals surface area contributed by atoms with Crippen LogP contribution in [-0.2, 0) is 4.79 Å². The first-order valence-electron chi connectivity index (χ1n) is 6.79. The highest BCUT2D eigenvalue weighted by atomic mass is 79.9. The molecule has 1 fully saturated rings. The van der Waals surface area contributed by atoms with Crippen LogP contribution in [0.15, 0.2) is 57.9 Å². The first-order valence-corrected chi connectivity index (χ1v) is 8.81. The monoisotopic (exact) mass is 405 g/mol. The number of thiocarbonyl (C=S) groups is 1. The molecule has 0 atom stereocenters. The second kappa shape index (κ2) is 6.47. The van der Waals surface area contributed by atoms with Gasteiger partial charge < -0.3 is 5.11 Å². The van der Waals surface area contributed by atoms with Crippen molar-refractivity contribution in [2.45, 2.75) is 6.92 Å². The summed E-state index contributed by atoms with van der Waals surface area (Å²) in [5.74, 6) is -0.0627. The Kier molecular flexibility index (Phi) is 4.57. The molecule has 6 heteroatoms. The van der Waals surface area contributed by atoms with E-state index in [1.807, 2.05) is 31.2 Å². The van der Waals surface area contributed by atoms with E-state index >= 15 is 0 Å². The van der Waals surface area contributed by atoms with Crippen LogP contribution in [0.5, 0.6) is 5.75 Å². The SMILES string of the molecule is C/C(=C1/SC(=S)N(c2cccc(O)c2)C1=O)c1cccc(Br)c1. The fourth-order valence-electron chi connectivity index (χ4n) is 2.31. The number of allylic oxidation sites excluding steroid dienone is 1. The molecule has 1 saturated heterocycles. The van der Waals surface area contributed by atoms with Gasteiger partial charge in [-0.15, -0.1) is 0 Å². The smallest absolute Gasteiger partial charge is 0.271 e. The highest BCUT2D eigenvalue weighted by Gasteiger charge is 2.35. The standard InChI is InChI=1S/C17H12BrNO2S2/c1-10(11-4-2-5-12(18)8-11)15-16(21)19(17(22)23-15)13-6-3-7-14(20)9-13/h2-9,20H,1H3/b15-10-. The van der Waals surface area contributed by atoms with E-state index in [9.17, 15) is 9.90 Å². The molecule has 0 unspecified atom stereocenters. The van der Waals surface area contributed by atoms with E-state index in [-0.39, 0.29) is 11.7 Å². The van der Waals surface area contributed by atoms with E-state index < -0.39 is 0 Å². The van der Waals surface area contributed by atoms with Gasteiger partial charge in [0.25, 0.3) is 5.91 Å². The van der Waals surface area contributed by atoms with E-state index in [1.165, 1.54) is 22.7 Å². The second-order valence-corrected chi connectivity index (χ2v) is 7.55. The molecule has 1 amide bonds. The number of phenols is 1. The molecule has 2 aromatic rings. The molecule has 0 saturated carbocycles. The van der Waals surface area contributed by atoms with Crippen LogP contribution < -0.4 is 4.90 Å². The van der Waals surface area contributed by atoms with Crippen molar-refractivity contribution in [3.63, 3.8) is 0 Å². The number of carbonyl (C=O) groups excluding carboxylic acids is 1. The lowest BCUT2D eigenvalue weighted by molar-refractivity contribution is -0.113. The van der Waals surface area contributed by atoms with Gasteiger partial charge in [-0.2, -0.15) is 0 Å². The number of aromatic hydroxyl groups is 1. The van der Waals surface area contributed by atoms with Crippen LogP contribution >= 0.6 is 39.9 Å². The Morgan fingerprint density at radius 3 is 2.65 bits per heavy atom. The van der Waals surface area contributed by atoms with Crippen molar-refractivity contribution in [3.05, 3.63) is 63.5 Å². The normalized spacial score (nSPS) is 16.9. The van der Waals surface area contributed by atoms with Crippen molar-refractivity contribution < 1.29 is 9.90 Å². The molecule has 3 rings (SSSR count). The predicted molar refractivity (Wildman–Crippen MR) is 103 cm³/mol. The molecule has 0 aliphatic carbocycles. The third-order valence-electron chi connectivity index (χ3n) is 3.46. The Morgan fingerprint density at radius 2 is 1.96 bits per heavy atom. The summed E-state index contributed by atoms with van der Waals surface area (Å²) in [5.41, 5.74) is 2.42. The number of rotatable bonds is 2. The van der Waals surface area contributed by atoms with Crippen molar-refractivity contribution in [2.24, 2.45) is 0 Å². The van der Waals surface area contributed by atoms with Crippen molar-refractivity contribution in [1.82, 2.24) is 0 Å². The van der Waals surface area contributed by atoms with Gasteiger partial charge in [0.15, 0.2) is 4.32 Å². The van der Waals surface area contributed by atoms with Crippen molar-refractivity contribution in [1.29, 1.82) is 0 Å². The van der Waals surface area contributed by atoms with Gasteiger partial charge in [-0.25, -0.2) is 0 Å². The molecule has 1 N–H and O–H groups in total. The number of hydrogen-bond acceptors (Lipinski definition) is 4. The van der Waals surface area contributed by atoms with E-state index in [4.69, 9.17) is 12.2 Å². The van der Waals surface area contributed by atoms with E-state index in [1.54, 1.807) is 18.2 Å². The van der Waals surface area contributed by atoms with Crippen molar-refractivity contribution in [2.75, 3.05) is 4.90 Å². The lowest BCUT2D eigenvalue weighted by Crippen LogP contribution is -2.27. The molecule has 0 bridgehead atoms. The minimum atomic E-state index is -0.164. The summed E-state index contributed by atoms with van der Waals surface area (Å²) in [4.78, 5) is 14.9. The number of amides is 1. The molecular weight excluding hydrogens is 394 g/mol. The molecule has 0 radical (unpaired) electrons. The number of thioether (sulfide) groups is 1. The van der Waals surface area contributed by atoms with E-state index in [0.717, 1.165) is 15.6 Å². The first kappa shape index (κ1) is 16.2. The predicted octanol–water partition coefficient (Wildman–Crippen LogP) is 4.95. The van der Waals surface area contributed by atoms with Gasteiger partial charge in [0.1, 0.15) is 5.75 Å².